The zero-order valence-electron chi connectivity index (χ0n) is 16.1. The van der Waals surface area contributed by atoms with E-state index in [1.807, 2.05) is 6.92 Å². The van der Waals surface area contributed by atoms with Crippen molar-refractivity contribution >= 4 is 22.4 Å². The lowest BCUT2D eigenvalue weighted by Gasteiger charge is -2.59. The summed E-state index contributed by atoms with van der Waals surface area (Å²) in [5, 5.41) is 20.3. The average molecular weight is 421 g/mol. The van der Waals surface area contributed by atoms with Crippen molar-refractivity contribution in [2.75, 3.05) is 6.61 Å². The van der Waals surface area contributed by atoms with Crippen LogP contribution in [0.4, 0.5) is 5.13 Å². The molecule has 5 aliphatic rings. The van der Waals surface area contributed by atoms with Crippen LogP contribution in [0.15, 0.2) is 27.3 Å². The molecule has 4 bridgehead atoms. The number of aliphatic hydroxyl groups excluding tert-OH is 1. The second-order valence-corrected chi connectivity index (χ2v) is 9.00. The maximum absolute atomic E-state index is 12.7. The second-order valence-electron chi connectivity index (χ2n) is 8.16. The quantitative estimate of drug-likeness (QED) is 0.241. The van der Waals surface area contributed by atoms with E-state index in [1.165, 1.54) is 17.8 Å². The van der Waals surface area contributed by atoms with Crippen molar-refractivity contribution in [2.45, 2.75) is 51.4 Å². The third kappa shape index (κ3) is 3.32. The lowest BCUT2D eigenvalue weighted by Crippen LogP contribution is -2.62. The van der Waals surface area contributed by atoms with Gasteiger partial charge in [-0.25, -0.2) is 19.6 Å². The van der Waals surface area contributed by atoms with Gasteiger partial charge in [-0.15, -0.1) is 21.6 Å². The molecule has 0 aromatic carbocycles. The number of azo groups is 1. The van der Waals surface area contributed by atoms with Gasteiger partial charge in [0.1, 0.15) is 6.61 Å². The van der Waals surface area contributed by atoms with Gasteiger partial charge in [-0.3, -0.25) is 0 Å². The molecule has 9 nitrogen and oxygen atoms in total. The number of hydrogen-bond acceptors (Lipinski definition) is 10. The number of carbonyl (C=O) groups excluding carboxylic acids is 1. The number of nitrogens with zero attached hydrogens (tertiary/aromatic N) is 3. The van der Waals surface area contributed by atoms with Crippen LogP contribution in [0, 0.1) is 23.7 Å². The molecule has 10 heteroatoms. The molecular formula is C19H23N3O6S. The zero-order valence-corrected chi connectivity index (χ0v) is 16.9. The fourth-order valence-electron chi connectivity index (χ4n) is 5.45. The highest BCUT2D eigenvalue weighted by Crippen LogP contribution is 2.61. The van der Waals surface area contributed by atoms with Gasteiger partial charge in [0.05, 0.1) is 12.3 Å². The van der Waals surface area contributed by atoms with Crippen molar-refractivity contribution in [1.29, 1.82) is 0 Å². The van der Waals surface area contributed by atoms with Crippen LogP contribution in [-0.4, -0.2) is 28.5 Å². The smallest absolute Gasteiger partial charge is 0.369 e. The molecule has 0 radical (unpaired) electrons. The summed E-state index contributed by atoms with van der Waals surface area (Å²) >= 11 is 1.23. The number of esters is 1. The van der Waals surface area contributed by atoms with Crippen LogP contribution in [0.3, 0.4) is 0 Å². The predicted octanol–water partition coefficient (Wildman–Crippen LogP) is 4.15. The van der Waals surface area contributed by atoms with Gasteiger partial charge in [0.2, 0.25) is 5.13 Å². The normalized spacial score (nSPS) is 35.6. The van der Waals surface area contributed by atoms with Crippen molar-refractivity contribution in [3.8, 4) is 0 Å². The van der Waals surface area contributed by atoms with Crippen LogP contribution in [0.25, 0.3) is 0 Å². The Hall–Kier alpha value is -2.04. The van der Waals surface area contributed by atoms with E-state index >= 15 is 0 Å². The summed E-state index contributed by atoms with van der Waals surface area (Å²) in [7, 11) is 0. The van der Waals surface area contributed by atoms with Gasteiger partial charge in [-0.05, 0) is 50.9 Å². The Kier molecular flexibility index (Phi) is 4.79. The number of hydrogen-bond donors (Lipinski definition) is 1. The van der Waals surface area contributed by atoms with E-state index in [1.54, 1.807) is 5.38 Å². The van der Waals surface area contributed by atoms with E-state index in [0.29, 0.717) is 29.3 Å². The molecule has 156 valence electrons. The van der Waals surface area contributed by atoms with Crippen LogP contribution >= 0.6 is 11.3 Å². The Morgan fingerprint density at radius 3 is 2.55 bits per heavy atom. The van der Waals surface area contributed by atoms with E-state index in [4.69, 9.17) is 19.2 Å². The van der Waals surface area contributed by atoms with Crippen molar-refractivity contribution in [1.82, 2.24) is 4.98 Å². The molecule has 1 spiro atoms. The molecule has 0 atom stereocenters. The third-order valence-corrected chi connectivity index (χ3v) is 7.14. The largest absolute Gasteiger partial charge is 0.479 e. The summed E-state index contributed by atoms with van der Waals surface area (Å²) in [5.41, 5.74) is 0.303. The average Bonchev–Trinajstić information content (AvgIpc) is 3.13. The van der Waals surface area contributed by atoms with Crippen LogP contribution in [0.1, 0.15) is 44.7 Å². The Morgan fingerprint density at radius 2 is 1.90 bits per heavy atom. The fraction of sp³-hybridized carbons (Fsp3) is 0.684. The van der Waals surface area contributed by atoms with E-state index < -0.39 is 17.7 Å². The van der Waals surface area contributed by atoms with Crippen molar-refractivity contribution < 1.29 is 29.1 Å². The SMILES string of the molecule is CCOOCc1csc(N=NC2=C(O)OC3(OC2=O)C2CC4CC(C2)CC3C4)n1. The molecule has 0 saturated heterocycles. The minimum atomic E-state index is -1.04. The molecule has 1 aliphatic heterocycles. The molecule has 6 rings (SSSR count). The number of ether oxygens (including phenoxy) is 2. The maximum atomic E-state index is 12.7. The molecule has 0 amide bonds. The molecule has 4 saturated carbocycles. The lowest BCUT2D eigenvalue weighted by molar-refractivity contribution is -0.325. The maximum Gasteiger partial charge on any atom is 0.369 e. The number of rotatable bonds is 6. The highest BCUT2D eigenvalue weighted by atomic mass is 32.1. The first kappa shape index (κ1) is 19.0. The van der Waals surface area contributed by atoms with Crippen molar-refractivity contribution in [3.63, 3.8) is 0 Å². The van der Waals surface area contributed by atoms with E-state index in [9.17, 15) is 9.90 Å². The minimum absolute atomic E-state index is 0.134. The van der Waals surface area contributed by atoms with Gasteiger partial charge in [-0.1, -0.05) is 0 Å². The number of aliphatic hydroxyl groups is 1. The first-order chi connectivity index (χ1) is 14.1. The molecular weight excluding hydrogens is 398 g/mol. The molecule has 1 aromatic rings. The zero-order chi connectivity index (χ0) is 20.0. The summed E-state index contributed by atoms with van der Waals surface area (Å²) in [5.74, 6) is -0.605. The Labute approximate surface area is 171 Å². The van der Waals surface area contributed by atoms with Gasteiger partial charge < -0.3 is 14.6 Å². The Morgan fingerprint density at radius 1 is 1.17 bits per heavy atom. The lowest BCUT2D eigenvalue weighted by atomic mass is 9.53. The first-order valence-corrected chi connectivity index (χ1v) is 10.9. The molecule has 4 fully saturated rings. The van der Waals surface area contributed by atoms with Gasteiger partial charge >= 0.3 is 11.9 Å². The van der Waals surface area contributed by atoms with Gasteiger partial charge in [0, 0.05) is 17.2 Å². The summed E-state index contributed by atoms with van der Waals surface area (Å²) in [4.78, 5) is 26.7. The van der Waals surface area contributed by atoms with Crippen LogP contribution < -0.4 is 0 Å². The summed E-state index contributed by atoms with van der Waals surface area (Å²) in [6.45, 7) is 2.45. The second kappa shape index (κ2) is 7.33. The number of aromatic nitrogens is 1. The van der Waals surface area contributed by atoms with Crippen molar-refractivity contribution in [3.05, 3.63) is 22.7 Å². The number of carbonyl (C=O) groups is 1. The van der Waals surface area contributed by atoms with Gasteiger partial charge in [0.25, 0.3) is 11.5 Å². The third-order valence-electron chi connectivity index (χ3n) is 6.36. The first-order valence-electron chi connectivity index (χ1n) is 10.0. The summed E-state index contributed by atoms with van der Waals surface area (Å²) in [6.07, 6.45) is 5.20. The molecule has 29 heavy (non-hydrogen) atoms. The molecule has 1 aromatic heterocycles. The van der Waals surface area contributed by atoms with Crippen LogP contribution in [0.5, 0.6) is 0 Å². The Bertz CT molecular complexity index is 838. The molecule has 0 unspecified atom stereocenters. The minimum Gasteiger partial charge on any atom is -0.479 e. The van der Waals surface area contributed by atoms with Crippen LogP contribution in [-0.2, 0) is 30.7 Å². The van der Waals surface area contributed by atoms with Crippen LogP contribution in [0.2, 0.25) is 0 Å². The predicted molar refractivity (Wildman–Crippen MR) is 99.7 cm³/mol. The molecule has 4 aliphatic carbocycles. The fourth-order valence-corrected chi connectivity index (χ4v) is 6.07. The highest BCUT2D eigenvalue weighted by molar-refractivity contribution is 7.13. The number of thiazole rings is 1. The standard InChI is InChI=1S/C19H23N3O6S/c1-2-25-26-8-14-9-29-18(20-14)22-21-15-16(23)27-19(28-17(15)24)12-4-10-3-11(6-12)7-13(19)5-10/h9-13,23H,2-8H2,1H3. The van der Waals surface area contributed by atoms with Crippen molar-refractivity contribution in [2.24, 2.45) is 33.9 Å². The monoisotopic (exact) mass is 421 g/mol. The van der Waals surface area contributed by atoms with Gasteiger partial charge in [-0.2, -0.15) is 0 Å². The van der Waals surface area contributed by atoms with E-state index in [-0.39, 0.29) is 24.1 Å². The van der Waals surface area contributed by atoms with E-state index in [2.05, 4.69) is 15.2 Å². The van der Waals surface area contributed by atoms with E-state index in [0.717, 1.165) is 25.7 Å². The topological polar surface area (TPSA) is 112 Å². The molecule has 2 heterocycles. The molecule has 1 N–H and O–H groups in total. The Balaban J connectivity index is 1.31. The highest BCUT2D eigenvalue weighted by Gasteiger charge is 2.64. The summed E-state index contributed by atoms with van der Waals surface area (Å²) in [6, 6.07) is 0. The van der Waals surface area contributed by atoms with Gasteiger partial charge in [0.15, 0.2) is 0 Å². The summed E-state index contributed by atoms with van der Waals surface area (Å²) < 4.78 is 11.7.